The maximum atomic E-state index is 12.7. The first kappa shape index (κ1) is 15.7. The van der Waals surface area contributed by atoms with E-state index in [4.69, 9.17) is 0 Å². The average Bonchev–Trinajstić information content (AvgIpc) is 3.26. The molecule has 0 bridgehead atoms. The van der Waals surface area contributed by atoms with E-state index in [1.54, 1.807) is 11.0 Å². The Kier molecular flexibility index (Phi) is 4.71. The summed E-state index contributed by atoms with van der Waals surface area (Å²) < 4.78 is 1.57. The van der Waals surface area contributed by atoms with Crippen LogP contribution in [-0.4, -0.2) is 43.3 Å². The van der Waals surface area contributed by atoms with Crippen LogP contribution < -0.4 is 0 Å². The van der Waals surface area contributed by atoms with Gasteiger partial charge >= 0.3 is 0 Å². The number of carbonyl (C=O) groups is 1. The Morgan fingerprint density at radius 3 is 2.87 bits per heavy atom. The van der Waals surface area contributed by atoms with Gasteiger partial charge in [-0.25, -0.2) is 9.67 Å². The lowest BCUT2D eigenvalue weighted by Crippen LogP contribution is -2.40. The Balaban J connectivity index is 1.67. The van der Waals surface area contributed by atoms with Crippen LogP contribution in [-0.2, 0) is 4.79 Å². The summed E-state index contributed by atoms with van der Waals surface area (Å²) in [7, 11) is 0. The van der Waals surface area contributed by atoms with Gasteiger partial charge in [0, 0.05) is 12.6 Å². The zero-order chi connectivity index (χ0) is 16.2. The Morgan fingerprint density at radius 2 is 2.17 bits per heavy atom. The van der Waals surface area contributed by atoms with Crippen LogP contribution in [0.5, 0.6) is 0 Å². The first-order chi connectivity index (χ1) is 11.2. The third-order valence-corrected chi connectivity index (χ3v) is 4.53. The van der Waals surface area contributed by atoms with E-state index in [2.05, 4.69) is 10.1 Å². The van der Waals surface area contributed by atoms with Crippen LogP contribution in [0.4, 0.5) is 0 Å². The van der Waals surface area contributed by atoms with Gasteiger partial charge in [0.15, 0.2) is 0 Å². The molecule has 0 aliphatic carbocycles. The molecule has 122 valence electrons. The van der Waals surface area contributed by atoms with Crippen LogP contribution in [0.15, 0.2) is 43.0 Å². The lowest BCUT2D eigenvalue weighted by Gasteiger charge is -2.29. The zero-order valence-corrected chi connectivity index (χ0v) is 13.2. The Labute approximate surface area is 135 Å². The van der Waals surface area contributed by atoms with Crippen LogP contribution in [0.25, 0.3) is 0 Å². The first-order valence-corrected chi connectivity index (χ1v) is 8.04. The number of aliphatic hydroxyl groups is 1. The molecule has 2 heterocycles. The highest BCUT2D eigenvalue weighted by Crippen LogP contribution is 2.29. The van der Waals surface area contributed by atoms with Gasteiger partial charge in [0.25, 0.3) is 0 Å². The number of benzene rings is 1. The monoisotopic (exact) mass is 314 g/mol. The summed E-state index contributed by atoms with van der Waals surface area (Å²) in [5.74, 6) is 0.0401. The van der Waals surface area contributed by atoms with Crippen molar-refractivity contribution in [3.8, 4) is 0 Å². The molecule has 3 rings (SSSR count). The molecule has 0 saturated carbocycles. The lowest BCUT2D eigenvalue weighted by molar-refractivity contribution is -0.135. The normalized spacial score (nSPS) is 20.4. The van der Waals surface area contributed by atoms with Crippen molar-refractivity contribution >= 4 is 5.91 Å². The van der Waals surface area contributed by atoms with Gasteiger partial charge in [-0.2, -0.15) is 5.10 Å². The van der Waals surface area contributed by atoms with E-state index < -0.39 is 6.10 Å². The van der Waals surface area contributed by atoms with Gasteiger partial charge in [0.1, 0.15) is 18.7 Å². The third-order valence-electron chi connectivity index (χ3n) is 4.53. The molecule has 1 N–H and O–H groups in total. The summed E-state index contributed by atoms with van der Waals surface area (Å²) in [4.78, 5) is 18.5. The molecule has 3 unspecified atom stereocenters. The van der Waals surface area contributed by atoms with Crippen molar-refractivity contribution in [1.29, 1.82) is 0 Å². The summed E-state index contributed by atoms with van der Waals surface area (Å²) in [6.45, 7) is 2.57. The van der Waals surface area contributed by atoms with Crippen LogP contribution in [0, 0.1) is 0 Å². The quantitative estimate of drug-likeness (QED) is 0.915. The number of likely N-dealkylation sites (tertiary alicyclic amines) is 1. The molecular formula is C17H22N4O2. The van der Waals surface area contributed by atoms with Crippen molar-refractivity contribution in [2.75, 3.05) is 6.54 Å². The van der Waals surface area contributed by atoms with Gasteiger partial charge in [0.05, 0.1) is 6.10 Å². The van der Waals surface area contributed by atoms with Crippen molar-refractivity contribution in [1.82, 2.24) is 19.7 Å². The van der Waals surface area contributed by atoms with E-state index in [1.165, 1.54) is 6.33 Å². The summed E-state index contributed by atoms with van der Waals surface area (Å²) in [5, 5.41) is 14.5. The fourth-order valence-corrected chi connectivity index (χ4v) is 3.21. The largest absolute Gasteiger partial charge is 0.388 e. The number of amides is 1. The zero-order valence-electron chi connectivity index (χ0n) is 13.2. The molecule has 1 aliphatic heterocycles. The van der Waals surface area contributed by atoms with E-state index in [-0.39, 0.29) is 18.0 Å². The van der Waals surface area contributed by atoms with Crippen molar-refractivity contribution in [2.24, 2.45) is 0 Å². The number of carbonyl (C=O) groups excluding carboxylic acids is 1. The Morgan fingerprint density at radius 1 is 1.39 bits per heavy atom. The summed E-state index contributed by atoms with van der Waals surface area (Å²) in [6.07, 6.45) is 4.93. The first-order valence-electron chi connectivity index (χ1n) is 8.04. The highest BCUT2D eigenvalue weighted by Gasteiger charge is 2.33. The minimum atomic E-state index is -0.545. The summed E-state index contributed by atoms with van der Waals surface area (Å²) >= 11 is 0. The number of hydrogen-bond donors (Lipinski definition) is 1. The SMILES string of the molecule is CC(C(=O)N1CCCC1CC(O)c1ccccc1)n1cncn1. The number of aliphatic hydroxyl groups excluding tert-OH is 1. The third kappa shape index (κ3) is 3.42. The molecule has 2 aromatic rings. The van der Waals surface area contributed by atoms with Crippen LogP contribution in [0.1, 0.15) is 43.9 Å². The van der Waals surface area contributed by atoms with Crippen LogP contribution in [0.3, 0.4) is 0 Å². The Bertz CT molecular complexity index is 629. The van der Waals surface area contributed by atoms with Crippen LogP contribution in [0.2, 0.25) is 0 Å². The fraction of sp³-hybridized carbons (Fsp3) is 0.471. The second-order valence-electron chi connectivity index (χ2n) is 6.04. The topological polar surface area (TPSA) is 71.2 Å². The summed E-state index contributed by atoms with van der Waals surface area (Å²) in [6, 6.07) is 9.32. The smallest absolute Gasteiger partial charge is 0.247 e. The minimum Gasteiger partial charge on any atom is -0.388 e. The fourth-order valence-electron chi connectivity index (χ4n) is 3.21. The van der Waals surface area contributed by atoms with Crippen molar-refractivity contribution < 1.29 is 9.90 Å². The molecule has 0 radical (unpaired) electrons. The summed E-state index contributed by atoms with van der Waals surface area (Å²) in [5.41, 5.74) is 0.899. The molecule has 1 saturated heterocycles. The highest BCUT2D eigenvalue weighted by atomic mass is 16.3. The van der Waals surface area contributed by atoms with Crippen molar-refractivity contribution in [3.05, 3.63) is 48.5 Å². The number of nitrogens with zero attached hydrogens (tertiary/aromatic N) is 4. The molecule has 1 fully saturated rings. The number of rotatable bonds is 5. The van der Waals surface area contributed by atoms with Gasteiger partial charge in [0.2, 0.25) is 5.91 Å². The lowest BCUT2D eigenvalue weighted by atomic mass is 10.0. The maximum Gasteiger partial charge on any atom is 0.247 e. The molecule has 0 spiro atoms. The number of hydrogen-bond acceptors (Lipinski definition) is 4. The molecule has 1 aromatic carbocycles. The standard InChI is InChI=1S/C17H22N4O2/c1-13(21-12-18-11-19-21)17(23)20-9-5-8-15(20)10-16(22)14-6-3-2-4-7-14/h2-4,6-7,11-13,15-16,22H,5,8-10H2,1H3. The van der Waals surface area contributed by atoms with Gasteiger partial charge in [-0.3, -0.25) is 4.79 Å². The van der Waals surface area contributed by atoms with Crippen molar-refractivity contribution in [2.45, 2.75) is 44.4 Å². The number of aromatic nitrogens is 3. The van der Waals surface area contributed by atoms with Crippen molar-refractivity contribution in [3.63, 3.8) is 0 Å². The minimum absolute atomic E-state index is 0.0401. The molecule has 3 atom stereocenters. The van der Waals surface area contributed by atoms with E-state index in [1.807, 2.05) is 42.2 Å². The molecule has 6 nitrogen and oxygen atoms in total. The van der Waals surface area contributed by atoms with Gasteiger partial charge < -0.3 is 10.0 Å². The molecule has 1 amide bonds. The Hall–Kier alpha value is -2.21. The second kappa shape index (κ2) is 6.91. The second-order valence-corrected chi connectivity index (χ2v) is 6.04. The average molecular weight is 314 g/mol. The predicted octanol–water partition coefficient (Wildman–Crippen LogP) is 1.95. The maximum absolute atomic E-state index is 12.7. The van der Waals surface area contributed by atoms with Gasteiger partial charge in [-0.1, -0.05) is 30.3 Å². The molecule has 6 heteroatoms. The van der Waals surface area contributed by atoms with E-state index in [9.17, 15) is 9.90 Å². The van der Waals surface area contributed by atoms with Crippen LogP contribution >= 0.6 is 0 Å². The van der Waals surface area contributed by atoms with E-state index in [0.29, 0.717) is 6.42 Å². The predicted molar refractivity (Wildman–Crippen MR) is 85.5 cm³/mol. The molecule has 1 aliphatic rings. The molecule has 23 heavy (non-hydrogen) atoms. The van der Waals surface area contributed by atoms with E-state index >= 15 is 0 Å². The molecule has 1 aromatic heterocycles. The molecular weight excluding hydrogens is 292 g/mol. The van der Waals surface area contributed by atoms with Gasteiger partial charge in [-0.15, -0.1) is 0 Å². The van der Waals surface area contributed by atoms with Gasteiger partial charge in [-0.05, 0) is 31.7 Å². The van der Waals surface area contributed by atoms with E-state index in [0.717, 1.165) is 24.9 Å². The highest BCUT2D eigenvalue weighted by molar-refractivity contribution is 5.80.